The van der Waals surface area contributed by atoms with E-state index in [1.807, 2.05) is 30.3 Å². The van der Waals surface area contributed by atoms with Gasteiger partial charge in [0.15, 0.2) is 5.75 Å². The number of nitro benzene ring substituents is 1. The molecule has 1 fully saturated rings. The van der Waals surface area contributed by atoms with Gasteiger partial charge in [-0.1, -0.05) is 48.0 Å². The number of nitrogens with zero attached hydrogens (tertiary/aromatic N) is 2. The number of benzene rings is 2. The van der Waals surface area contributed by atoms with Gasteiger partial charge < -0.3 is 9.94 Å². The molecule has 1 unspecified atom stereocenters. The van der Waals surface area contributed by atoms with E-state index < -0.39 is 4.92 Å². The van der Waals surface area contributed by atoms with Crippen LogP contribution in [0.1, 0.15) is 36.8 Å². The standard InChI is InChI=1S/C20H22N2O4/c23-21-18-9-5-4-8-17(18)12-16-10-11-19(22(24)25)20(13-16)26-14-15-6-2-1-3-7-15/h1-3,6-7,10-11,13,17,23H,4-5,8-9,12,14H2. The normalized spacial score (nSPS) is 18.6. The van der Waals surface area contributed by atoms with Crippen LogP contribution in [0, 0.1) is 16.0 Å². The van der Waals surface area contributed by atoms with Crippen molar-refractivity contribution in [3.8, 4) is 5.75 Å². The molecule has 0 radical (unpaired) electrons. The lowest BCUT2D eigenvalue weighted by atomic mass is 9.83. The van der Waals surface area contributed by atoms with Crippen LogP contribution in [-0.2, 0) is 13.0 Å². The lowest BCUT2D eigenvalue weighted by Crippen LogP contribution is -2.21. The minimum absolute atomic E-state index is 0.0376. The Labute approximate surface area is 152 Å². The molecule has 6 heteroatoms. The Morgan fingerprint density at radius 1 is 1.15 bits per heavy atom. The second-order valence-electron chi connectivity index (χ2n) is 6.57. The summed E-state index contributed by atoms with van der Waals surface area (Å²) in [5.74, 6) is 0.451. The van der Waals surface area contributed by atoms with E-state index in [1.165, 1.54) is 6.07 Å². The molecule has 3 rings (SSSR count). The van der Waals surface area contributed by atoms with E-state index >= 15 is 0 Å². The number of rotatable bonds is 6. The van der Waals surface area contributed by atoms with Gasteiger partial charge in [-0.2, -0.15) is 0 Å². The highest BCUT2D eigenvalue weighted by Crippen LogP contribution is 2.32. The van der Waals surface area contributed by atoms with Crippen molar-refractivity contribution in [2.75, 3.05) is 0 Å². The zero-order chi connectivity index (χ0) is 18.4. The van der Waals surface area contributed by atoms with Crippen molar-refractivity contribution in [3.05, 3.63) is 69.8 Å². The molecule has 2 aromatic carbocycles. The summed E-state index contributed by atoms with van der Waals surface area (Å²) in [6.45, 7) is 0.276. The first-order chi connectivity index (χ1) is 12.7. The number of ether oxygens (including phenoxy) is 1. The van der Waals surface area contributed by atoms with Gasteiger partial charge in [-0.25, -0.2) is 0 Å². The van der Waals surface area contributed by atoms with Crippen molar-refractivity contribution in [1.29, 1.82) is 0 Å². The Morgan fingerprint density at radius 2 is 1.96 bits per heavy atom. The van der Waals surface area contributed by atoms with Crippen molar-refractivity contribution in [2.45, 2.75) is 38.7 Å². The molecule has 0 amide bonds. The molecule has 0 saturated heterocycles. The van der Waals surface area contributed by atoms with E-state index in [0.717, 1.165) is 42.5 Å². The van der Waals surface area contributed by atoms with Crippen LogP contribution in [0.5, 0.6) is 5.75 Å². The molecule has 0 aliphatic heterocycles. The van der Waals surface area contributed by atoms with Crippen LogP contribution < -0.4 is 4.74 Å². The smallest absolute Gasteiger partial charge is 0.310 e. The summed E-state index contributed by atoms with van der Waals surface area (Å²) >= 11 is 0. The Balaban J connectivity index is 1.78. The second-order valence-corrected chi connectivity index (χ2v) is 6.57. The lowest BCUT2D eigenvalue weighted by Gasteiger charge is -2.23. The molecule has 2 aromatic rings. The topological polar surface area (TPSA) is 85.0 Å². The number of hydrogen-bond acceptors (Lipinski definition) is 5. The van der Waals surface area contributed by atoms with Crippen molar-refractivity contribution >= 4 is 11.4 Å². The second kappa shape index (κ2) is 8.47. The molecule has 0 heterocycles. The molecule has 6 nitrogen and oxygen atoms in total. The van der Waals surface area contributed by atoms with Crippen LogP contribution in [0.2, 0.25) is 0 Å². The van der Waals surface area contributed by atoms with Crippen molar-refractivity contribution in [1.82, 2.24) is 0 Å². The average Bonchev–Trinajstić information content (AvgIpc) is 2.67. The molecule has 1 aliphatic carbocycles. The van der Waals surface area contributed by atoms with E-state index in [1.54, 1.807) is 12.1 Å². The summed E-state index contributed by atoms with van der Waals surface area (Å²) in [5.41, 5.74) is 2.69. The summed E-state index contributed by atoms with van der Waals surface area (Å²) in [7, 11) is 0. The highest BCUT2D eigenvalue weighted by Gasteiger charge is 2.23. The fourth-order valence-corrected chi connectivity index (χ4v) is 3.39. The van der Waals surface area contributed by atoms with Gasteiger partial charge in [-0.05, 0) is 42.9 Å². The van der Waals surface area contributed by atoms with Crippen LogP contribution in [0.3, 0.4) is 0 Å². The third-order valence-corrected chi connectivity index (χ3v) is 4.78. The van der Waals surface area contributed by atoms with Crippen LogP contribution in [0.4, 0.5) is 5.69 Å². The molecule has 136 valence electrons. The molecule has 1 saturated carbocycles. The van der Waals surface area contributed by atoms with Gasteiger partial charge in [-0.3, -0.25) is 10.1 Å². The van der Waals surface area contributed by atoms with Crippen molar-refractivity contribution in [3.63, 3.8) is 0 Å². The number of nitro groups is 1. The van der Waals surface area contributed by atoms with Crippen LogP contribution in [0.15, 0.2) is 53.7 Å². The quantitative estimate of drug-likeness (QED) is 0.461. The van der Waals surface area contributed by atoms with Crippen molar-refractivity contribution in [2.24, 2.45) is 11.1 Å². The van der Waals surface area contributed by atoms with Gasteiger partial charge in [0.25, 0.3) is 0 Å². The number of oxime groups is 1. The predicted molar refractivity (Wildman–Crippen MR) is 98.8 cm³/mol. The largest absolute Gasteiger partial charge is 0.482 e. The maximum absolute atomic E-state index is 11.3. The Kier molecular flexibility index (Phi) is 5.84. The zero-order valence-electron chi connectivity index (χ0n) is 14.5. The predicted octanol–water partition coefficient (Wildman–Crippen LogP) is 4.74. The first-order valence-corrected chi connectivity index (χ1v) is 8.82. The summed E-state index contributed by atoms with van der Waals surface area (Å²) in [6, 6.07) is 14.6. The van der Waals surface area contributed by atoms with Gasteiger partial charge in [-0.15, -0.1) is 0 Å². The van der Waals surface area contributed by atoms with E-state index in [2.05, 4.69) is 5.16 Å². The fraction of sp³-hybridized carbons (Fsp3) is 0.350. The summed E-state index contributed by atoms with van der Waals surface area (Å²) in [5, 5.41) is 23.9. The summed E-state index contributed by atoms with van der Waals surface area (Å²) in [6.07, 6.45) is 4.62. The van der Waals surface area contributed by atoms with Gasteiger partial charge in [0.05, 0.1) is 10.6 Å². The van der Waals surface area contributed by atoms with E-state index in [4.69, 9.17) is 4.74 Å². The Morgan fingerprint density at radius 3 is 2.69 bits per heavy atom. The first kappa shape index (κ1) is 17.9. The first-order valence-electron chi connectivity index (χ1n) is 8.82. The molecule has 1 N–H and O–H groups in total. The molecular formula is C20H22N2O4. The molecular weight excluding hydrogens is 332 g/mol. The fourth-order valence-electron chi connectivity index (χ4n) is 3.39. The van der Waals surface area contributed by atoms with Crippen LogP contribution in [0.25, 0.3) is 0 Å². The van der Waals surface area contributed by atoms with Crippen LogP contribution >= 0.6 is 0 Å². The van der Waals surface area contributed by atoms with Gasteiger partial charge >= 0.3 is 5.69 Å². The highest BCUT2D eigenvalue weighted by atomic mass is 16.6. The molecule has 0 bridgehead atoms. The minimum Gasteiger partial charge on any atom is -0.482 e. The van der Waals surface area contributed by atoms with E-state index in [9.17, 15) is 15.3 Å². The van der Waals surface area contributed by atoms with Gasteiger partial charge in [0.1, 0.15) is 6.61 Å². The molecule has 26 heavy (non-hydrogen) atoms. The molecule has 1 aliphatic rings. The number of hydrogen-bond donors (Lipinski definition) is 1. The summed E-state index contributed by atoms with van der Waals surface area (Å²) < 4.78 is 5.75. The van der Waals surface area contributed by atoms with Crippen LogP contribution in [-0.4, -0.2) is 15.8 Å². The molecule has 0 aromatic heterocycles. The Hall–Kier alpha value is -2.89. The average molecular weight is 354 g/mol. The third kappa shape index (κ3) is 4.39. The van der Waals surface area contributed by atoms with Gasteiger partial charge in [0, 0.05) is 12.0 Å². The lowest BCUT2D eigenvalue weighted by molar-refractivity contribution is -0.386. The maximum atomic E-state index is 11.3. The monoisotopic (exact) mass is 354 g/mol. The molecule has 0 spiro atoms. The Bertz CT molecular complexity index is 790. The highest BCUT2D eigenvalue weighted by molar-refractivity contribution is 5.87. The zero-order valence-corrected chi connectivity index (χ0v) is 14.5. The molecule has 1 atom stereocenters. The SMILES string of the molecule is O=[N+]([O-])c1ccc(CC2CCCCC2=NO)cc1OCc1ccccc1. The van der Waals surface area contributed by atoms with E-state index in [-0.39, 0.29) is 24.0 Å². The van der Waals surface area contributed by atoms with Gasteiger partial charge in [0.2, 0.25) is 0 Å². The van der Waals surface area contributed by atoms with E-state index in [0.29, 0.717) is 6.42 Å². The third-order valence-electron chi connectivity index (χ3n) is 4.78. The minimum atomic E-state index is -0.425. The van der Waals surface area contributed by atoms with Crippen molar-refractivity contribution < 1.29 is 14.9 Å². The summed E-state index contributed by atoms with van der Waals surface area (Å²) in [4.78, 5) is 10.9. The maximum Gasteiger partial charge on any atom is 0.310 e.